The van der Waals surface area contributed by atoms with E-state index in [4.69, 9.17) is 19.7 Å². The highest BCUT2D eigenvalue weighted by Gasteiger charge is 2.33. The summed E-state index contributed by atoms with van der Waals surface area (Å²) in [4.78, 5) is 48.2. The van der Waals surface area contributed by atoms with Gasteiger partial charge < -0.3 is 19.0 Å². The Labute approximate surface area is 220 Å². The summed E-state index contributed by atoms with van der Waals surface area (Å²) in [7, 11) is 0. The number of phenolic OH excluding ortho intramolecular Hbond substituents is 1. The van der Waals surface area contributed by atoms with Gasteiger partial charge in [0, 0.05) is 5.56 Å². The fourth-order valence-electron chi connectivity index (χ4n) is 3.72. The van der Waals surface area contributed by atoms with E-state index in [1.54, 1.807) is 29.7 Å². The van der Waals surface area contributed by atoms with Crippen LogP contribution in [0.1, 0.15) is 42.4 Å². The minimum atomic E-state index is -1.40. The van der Waals surface area contributed by atoms with Crippen molar-refractivity contribution in [1.82, 2.24) is 5.43 Å². The fraction of sp³-hybridized carbons (Fsp3) is 0.0741. The zero-order valence-electron chi connectivity index (χ0n) is 20.4. The maximum absolute atomic E-state index is 12.9. The number of hydrogen-bond donors (Lipinski definition) is 3. The zero-order chi connectivity index (χ0) is 28.1. The van der Waals surface area contributed by atoms with Crippen LogP contribution in [0, 0.1) is 17.0 Å². The molecular weight excluding hydrogens is 510 g/mol. The van der Waals surface area contributed by atoms with Gasteiger partial charge in [0.1, 0.15) is 17.9 Å². The minimum absolute atomic E-state index is 0.283. The van der Waals surface area contributed by atoms with Crippen LogP contribution >= 0.6 is 0 Å². The zero-order valence-corrected chi connectivity index (χ0v) is 20.4. The van der Waals surface area contributed by atoms with Crippen LogP contribution in [0.5, 0.6) is 11.5 Å². The van der Waals surface area contributed by atoms with Crippen molar-refractivity contribution in [1.29, 1.82) is 0 Å². The van der Waals surface area contributed by atoms with E-state index in [-0.39, 0.29) is 11.3 Å². The van der Waals surface area contributed by atoms with Gasteiger partial charge >= 0.3 is 17.6 Å². The summed E-state index contributed by atoms with van der Waals surface area (Å²) >= 11 is 0. The molecule has 1 amide bonds. The summed E-state index contributed by atoms with van der Waals surface area (Å²) in [5.74, 6) is 0.490. The number of carbonyl (C=O) groups is 3. The van der Waals surface area contributed by atoms with Gasteiger partial charge in [-0.2, -0.15) is 0 Å². The second kappa shape index (κ2) is 11.3. The number of nitrogens with two attached hydrogens (primary N) is 1. The average molecular weight is 531 g/mol. The van der Waals surface area contributed by atoms with Crippen molar-refractivity contribution in [2.75, 3.05) is 0 Å². The Morgan fingerprint density at radius 3 is 2.49 bits per heavy atom. The highest BCUT2D eigenvalue weighted by atomic mass is 16.6. The molecule has 12 nitrogen and oxygen atoms in total. The summed E-state index contributed by atoms with van der Waals surface area (Å²) in [5.41, 5.74) is 1.93. The Morgan fingerprint density at radius 1 is 1.05 bits per heavy atom. The molecule has 1 heterocycles. The molecule has 0 fully saturated rings. The largest absolute Gasteiger partial charge is 0.502 e. The number of nitrogen functional groups attached to an aromatic ring is 1. The molecule has 0 aliphatic carbocycles. The maximum atomic E-state index is 12.9. The number of nitro groups is 1. The minimum Gasteiger partial charge on any atom is -0.502 e. The number of nitro benzene ring substituents is 1. The third-order valence-corrected chi connectivity index (χ3v) is 5.62. The summed E-state index contributed by atoms with van der Waals surface area (Å²) in [6.07, 6.45) is 1.22. The number of ether oxygens (including phenoxy) is 2. The number of aromatic hydroxyl groups is 1. The Hall–Kier alpha value is -5.49. The molecule has 0 aliphatic heterocycles. The molecule has 0 atom stereocenters. The van der Waals surface area contributed by atoms with E-state index in [9.17, 15) is 29.6 Å². The normalized spacial score (nSPS) is 10.5. The Bertz CT molecular complexity index is 1580. The molecule has 198 valence electrons. The second-order valence-corrected chi connectivity index (χ2v) is 8.23. The van der Waals surface area contributed by atoms with Crippen molar-refractivity contribution >= 4 is 23.5 Å². The summed E-state index contributed by atoms with van der Waals surface area (Å²) in [5, 5.41) is 21.2. The Kier molecular flexibility index (Phi) is 7.68. The van der Waals surface area contributed by atoms with E-state index in [2.05, 4.69) is 0 Å². The van der Waals surface area contributed by atoms with E-state index in [1.165, 1.54) is 12.3 Å². The predicted octanol–water partition coefficient (Wildman–Crippen LogP) is 4.05. The SMILES string of the molecule is Cc1ccc(COc2cccc(-c3ccoc3C(=O)OC(=O)c3ccc(O)c([N+](=O)[O-])c3C(=O)NN)c2)cc1. The standard InChI is InChI=1S/C27H21N3O9/c1-15-5-7-16(8-6-15)14-38-18-4-2-3-17(13-18)19-11-12-37-24(19)27(34)39-26(33)20-9-10-21(31)23(30(35)36)22(20)25(32)29-28/h2-13,31H,14,28H2,1H3,(H,29,32). The van der Waals surface area contributed by atoms with Crippen LogP contribution < -0.4 is 16.0 Å². The van der Waals surface area contributed by atoms with Gasteiger partial charge in [-0.1, -0.05) is 42.0 Å². The highest BCUT2D eigenvalue weighted by molar-refractivity contribution is 6.12. The lowest BCUT2D eigenvalue weighted by atomic mass is 10.0. The molecule has 0 aliphatic rings. The fourth-order valence-corrected chi connectivity index (χ4v) is 3.72. The van der Waals surface area contributed by atoms with Crippen LogP contribution in [0.15, 0.2) is 77.4 Å². The van der Waals surface area contributed by atoms with Gasteiger partial charge in [0.05, 0.1) is 16.7 Å². The number of esters is 2. The number of amides is 1. The number of phenols is 1. The molecule has 0 saturated heterocycles. The lowest BCUT2D eigenvalue weighted by molar-refractivity contribution is -0.386. The highest BCUT2D eigenvalue weighted by Crippen LogP contribution is 2.33. The first-order valence-electron chi connectivity index (χ1n) is 11.3. The van der Waals surface area contributed by atoms with Crippen molar-refractivity contribution in [3.05, 3.63) is 111 Å². The van der Waals surface area contributed by atoms with Gasteiger partial charge in [-0.25, -0.2) is 15.4 Å². The van der Waals surface area contributed by atoms with Crippen molar-refractivity contribution < 1.29 is 38.3 Å². The van der Waals surface area contributed by atoms with Gasteiger partial charge in [-0.3, -0.25) is 20.3 Å². The quantitative estimate of drug-likeness (QED) is 0.0748. The molecule has 1 aromatic heterocycles. The number of hydrogen-bond acceptors (Lipinski definition) is 10. The van der Waals surface area contributed by atoms with E-state index < -0.39 is 45.3 Å². The van der Waals surface area contributed by atoms with Crippen LogP contribution in [0.2, 0.25) is 0 Å². The molecule has 4 N–H and O–H groups in total. The van der Waals surface area contributed by atoms with Crippen molar-refractivity contribution in [3.63, 3.8) is 0 Å². The number of carbonyl (C=O) groups excluding carboxylic acids is 3. The van der Waals surface area contributed by atoms with Crippen molar-refractivity contribution in [2.45, 2.75) is 13.5 Å². The van der Waals surface area contributed by atoms with E-state index in [0.717, 1.165) is 23.3 Å². The van der Waals surface area contributed by atoms with E-state index in [1.807, 2.05) is 31.2 Å². The van der Waals surface area contributed by atoms with Crippen LogP contribution in [0.4, 0.5) is 5.69 Å². The van der Waals surface area contributed by atoms with Crippen molar-refractivity contribution in [3.8, 4) is 22.6 Å². The molecule has 0 saturated carbocycles. The van der Waals surface area contributed by atoms with Gasteiger partial charge in [0.2, 0.25) is 5.76 Å². The Morgan fingerprint density at radius 2 is 1.79 bits per heavy atom. The number of nitrogens with one attached hydrogen (secondary N) is 1. The van der Waals surface area contributed by atoms with Gasteiger partial charge in [-0.15, -0.1) is 0 Å². The third kappa shape index (κ3) is 5.76. The van der Waals surface area contributed by atoms with Crippen LogP contribution in [-0.2, 0) is 11.3 Å². The van der Waals surface area contributed by atoms with E-state index >= 15 is 0 Å². The molecule has 3 aromatic carbocycles. The smallest absolute Gasteiger partial charge is 0.382 e. The molecule has 39 heavy (non-hydrogen) atoms. The van der Waals surface area contributed by atoms with Gasteiger partial charge in [0.15, 0.2) is 5.75 Å². The molecule has 0 spiro atoms. The number of hydrazine groups is 1. The number of aryl methyl sites for hydroxylation is 1. The van der Waals surface area contributed by atoms with E-state index in [0.29, 0.717) is 17.9 Å². The number of nitrogens with zero attached hydrogens (tertiary/aromatic N) is 1. The van der Waals surface area contributed by atoms with Crippen LogP contribution in [0.25, 0.3) is 11.1 Å². The number of rotatable bonds is 8. The predicted molar refractivity (Wildman–Crippen MR) is 136 cm³/mol. The van der Waals surface area contributed by atoms with Crippen LogP contribution in [0.3, 0.4) is 0 Å². The molecule has 12 heteroatoms. The first kappa shape index (κ1) is 26.6. The molecule has 4 aromatic rings. The maximum Gasteiger partial charge on any atom is 0.382 e. The summed E-state index contributed by atoms with van der Waals surface area (Å²) in [6.45, 7) is 2.30. The topological polar surface area (TPSA) is 184 Å². The molecule has 0 radical (unpaired) electrons. The number of benzene rings is 3. The molecule has 4 rings (SSSR count). The van der Waals surface area contributed by atoms with Gasteiger partial charge in [0.25, 0.3) is 5.91 Å². The Balaban J connectivity index is 1.56. The second-order valence-electron chi connectivity index (χ2n) is 8.23. The van der Waals surface area contributed by atoms with Crippen molar-refractivity contribution in [2.24, 2.45) is 5.84 Å². The monoisotopic (exact) mass is 531 g/mol. The van der Waals surface area contributed by atoms with Gasteiger partial charge in [-0.05, 0) is 48.4 Å². The summed E-state index contributed by atoms with van der Waals surface area (Å²) in [6, 6.07) is 17.8. The average Bonchev–Trinajstić information content (AvgIpc) is 3.42. The van der Waals surface area contributed by atoms with Crippen LogP contribution in [-0.4, -0.2) is 27.9 Å². The molecular formula is C27H21N3O9. The molecule has 0 unspecified atom stereocenters. The summed E-state index contributed by atoms with van der Waals surface area (Å²) < 4.78 is 16.0. The lowest BCUT2D eigenvalue weighted by Crippen LogP contribution is -2.32. The first-order valence-corrected chi connectivity index (χ1v) is 11.3. The number of furan rings is 1. The first-order chi connectivity index (χ1) is 18.7. The third-order valence-electron chi connectivity index (χ3n) is 5.62. The molecule has 0 bridgehead atoms. The lowest BCUT2D eigenvalue weighted by Gasteiger charge is -2.10.